The number of anilines is 1. The Morgan fingerprint density at radius 3 is 3.00 bits per heavy atom. The third-order valence-electron chi connectivity index (χ3n) is 1.59. The Morgan fingerprint density at radius 1 is 1.60 bits per heavy atom. The number of thioether (sulfide) groups is 1. The van der Waals surface area contributed by atoms with E-state index in [1.165, 1.54) is 18.7 Å². The van der Waals surface area contributed by atoms with Gasteiger partial charge in [-0.2, -0.15) is 0 Å². The molecule has 1 aromatic carbocycles. The fourth-order valence-electron chi connectivity index (χ4n) is 0.906. The molecule has 0 aromatic heterocycles. The van der Waals surface area contributed by atoms with Crippen molar-refractivity contribution in [1.82, 2.24) is 0 Å². The molecule has 0 saturated heterocycles. The summed E-state index contributed by atoms with van der Waals surface area (Å²) in [4.78, 5) is 10.6. The molecule has 0 unspecified atom stereocenters. The van der Waals surface area contributed by atoms with Crippen LogP contribution in [0.1, 0.15) is 12.5 Å². The van der Waals surface area contributed by atoms with E-state index in [1.807, 2.05) is 0 Å². The van der Waals surface area contributed by atoms with Crippen molar-refractivity contribution in [3.05, 3.63) is 28.8 Å². The van der Waals surface area contributed by atoms with E-state index in [-0.39, 0.29) is 5.12 Å². The molecule has 78 valence electrons. The van der Waals surface area contributed by atoms with Gasteiger partial charge >= 0.3 is 0 Å². The van der Waals surface area contributed by atoms with Crippen molar-refractivity contribution in [3.8, 4) is 11.8 Å². The summed E-state index contributed by atoms with van der Waals surface area (Å²) >= 11 is 6.97. The quantitative estimate of drug-likeness (QED) is 0.605. The fraction of sp³-hybridized carbons (Fsp3) is 0.182. The number of carbonyl (C=O) groups excluding carboxylic acids is 1. The Bertz CT molecular complexity index is 434. The van der Waals surface area contributed by atoms with Gasteiger partial charge in [0.25, 0.3) is 0 Å². The molecule has 2 nitrogen and oxygen atoms in total. The Balaban J connectivity index is 2.71. The highest BCUT2D eigenvalue weighted by Gasteiger charge is 1.96. The van der Waals surface area contributed by atoms with Gasteiger partial charge in [0, 0.05) is 23.2 Å². The third kappa shape index (κ3) is 4.28. The molecule has 2 N–H and O–H groups in total. The molecule has 0 aliphatic heterocycles. The maximum absolute atomic E-state index is 10.6. The molecule has 0 amide bonds. The molecular weight excluding hydrogens is 230 g/mol. The second-order valence-electron chi connectivity index (χ2n) is 2.81. The molecule has 15 heavy (non-hydrogen) atoms. The second-order valence-corrected chi connectivity index (χ2v) is 4.40. The van der Waals surface area contributed by atoms with E-state index in [1.54, 1.807) is 18.2 Å². The number of benzene rings is 1. The summed E-state index contributed by atoms with van der Waals surface area (Å²) in [5.74, 6) is 6.20. The molecule has 0 aliphatic carbocycles. The second kappa shape index (κ2) is 5.69. The van der Waals surface area contributed by atoms with Crippen molar-refractivity contribution >= 4 is 34.2 Å². The van der Waals surface area contributed by atoms with Gasteiger partial charge in [-0.1, -0.05) is 35.2 Å². The summed E-state index contributed by atoms with van der Waals surface area (Å²) < 4.78 is 0. The molecule has 0 fully saturated rings. The summed E-state index contributed by atoms with van der Waals surface area (Å²) in [5.41, 5.74) is 6.99. The first-order valence-corrected chi connectivity index (χ1v) is 5.63. The van der Waals surface area contributed by atoms with Crippen molar-refractivity contribution in [2.24, 2.45) is 0 Å². The van der Waals surface area contributed by atoms with Gasteiger partial charge in [0.1, 0.15) is 0 Å². The number of carbonyl (C=O) groups is 1. The van der Waals surface area contributed by atoms with E-state index in [0.717, 1.165) is 0 Å². The Morgan fingerprint density at radius 2 is 2.33 bits per heavy atom. The molecule has 0 aliphatic rings. The van der Waals surface area contributed by atoms with Crippen LogP contribution in [0.4, 0.5) is 5.69 Å². The van der Waals surface area contributed by atoms with Gasteiger partial charge in [0.2, 0.25) is 0 Å². The van der Waals surface area contributed by atoms with Crippen LogP contribution in [0, 0.1) is 11.8 Å². The lowest BCUT2D eigenvalue weighted by Crippen LogP contribution is -1.89. The first-order valence-electron chi connectivity index (χ1n) is 4.27. The minimum atomic E-state index is 0.0587. The normalized spacial score (nSPS) is 9.20. The highest BCUT2D eigenvalue weighted by atomic mass is 35.5. The number of rotatable bonds is 1. The first-order chi connectivity index (χ1) is 7.09. The van der Waals surface area contributed by atoms with Gasteiger partial charge in [-0.05, 0) is 18.2 Å². The Hall–Kier alpha value is -1.11. The molecule has 0 heterocycles. The molecule has 0 saturated carbocycles. The lowest BCUT2D eigenvalue weighted by molar-refractivity contribution is -0.109. The molecule has 0 atom stereocenters. The third-order valence-corrected chi connectivity index (χ3v) is 2.52. The van der Waals surface area contributed by atoms with Crippen LogP contribution in [0.3, 0.4) is 0 Å². The number of hydrogen-bond acceptors (Lipinski definition) is 3. The summed E-state index contributed by atoms with van der Waals surface area (Å²) in [7, 11) is 0. The molecular formula is C11H10ClNOS. The van der Waals surface area contributed by atoms with Crippen molar-refractivity contribution < 1.29 is 4.79 Å². The Kier molecular flexibility index (Phi) is 4.54. The van der Waals surface area contributed by atoms with Crippen LogP contribution in [0.15, 0.2) is 18.2 Å². The minimum Gasteiger partial charge on any atom is -0.398 e. The maximum atomic E-state index is 10.6. The van der Waals surface area contributed by atoms with E-state index in [9.17, 15) is 4.79 Å². The summed E-state index contributed by atoms with van der Waals surface area (Å²) in [6.45, 7) is 1.51. The maximum Gasteiger partial charge on any atom is 0.186 e. The van der Waals surface area contributed by atoms with Crippen molar-refractivity contribution in [3.63, 3.8) is 0 Å². The molecule has 0 bridgehead atoms. The highest BCUT2D eigenvalue weighted by molar-refractivity contribution is 8.13. The number of hydrogen-bond donors (Lipinski definition) is 1. The lowest BCUT2D eigenvalue weighted by Gasteiger charge is -1.97. The standard InChI is InChI=1S/C11H10ClNOS/c1-8(14)15-6-2-3-9-7-10(12)4-5-11(9)13/h4-5,7H,6,13H2,1H3. The van der Waals surface area contributed by atoms with Gasteiger partial charge < -0.3 is 5.73 Å². The van der Waals surface area contributed by atoms with Gasteiger partial charge in [0.05, 0.1) is 5.75 Å². The molecule has 0 spiro atoms. The average molecular weight is 240 g/mol. The van der Waals surface area contributed by atoms with Gasteiger partial charge in [-0.15, -0.1) is 0 Å². The largest absolute Gasteiger partial charge is 0.398 e. The predicted molar refractivity (Wildman–Crippen MR) is 65.9 cm³/mol. The summed E-state index contributed by atoms with van der Waals surface area (Å²) in [5, 5.41) is 0.663. The van der Waals surface area contributed by atoms with Crippen LogP contribution in [0.25, 0.3) is 0 Å². The zero-order valence-corrected chi connectivity index (χ0v) is 9.78. The van der Waals surface area contributed by atoms with Crippen LogP contribution in [-0.4, -0.2) is 10.9 Å². The van der Waals surface area contributed by atoms with E-state index < -0.39 is 0 Å². The zero-order valence-electron chi connectivity index (χ0n) is 8.21. The first kappa shape index (κ1) is 12.0. The van der Waals surface area contributed by atoms with E-state index >= 15 is 0 Å². The van der Waals surface area contributed by atoms with Gasteiger partial charge in [-0.3, -0.25) is 4.79 Å². The Labute approximate surface area is 98.2 Å². The molecule has 4 heteroatoms. The monoisotopic (exact) mass is 239 g/mol. The van der Waals surface area contributed by atoms with Crippen molar-refractivity contribution in [2.75, 3.05) is 11.5 Å². The van der Waals surface area contributed by atoms with Crippen LogP contribution in [-0.2, 0) is 4.79 Å². The number of halogens is 1. The van der Waals surface area contributed by atoms with Crippen molar-refractivity contribution in [2.45, 2.75) is 6.92 Å². The van der Waals surface area contributed by atoms with E-state index in [2.05, 4.69) is 11.8 Å². The molecule has 1 aromatic rings. The lowest BCUT2D eigenvalue weighted by atomic mass is 10.2. The zero-order chi connectivity index (χ0) is 11.3. The number of nitrogen functional groups attached to an aromatic ring is 1. The molecule has 0 radical (unpaired) electrons. The van der Waals surface area contributed by atoms with Gasteiger partial charge in [0.15, 0.2) is 5.12 Å². The number of nitrogens with two attached hydrogens (primary N) is 1. The van der Waals surface area contributed by atoms with Crippen LogP contribution < -0.4 is 5.73 Å². The fourth-order valence-corrected chi connectivity index (χ4v) is 1.43. The molecule has 1 rings (SSSR count). The van der Waals surface area contributed by atoms with E-state index in [4.69, 9.17) is 17.3 Å². The predicted octanol–water partition coefficient (Wildman–Crippen LogP) is 2.55. The van der Waals surface area contributed by atoms with Crippen molar-refractivity contribution in [1.29, 1.82) is 0 Å². The summed E-state index contributed by atoms with van der Waals surface area (Å²) in [6.07, 6.45) is 0. The van der Waals surface area contributed by atoms with Gasteiger partial charge in [-0.25, -0.2) is 0 Å². The minimum absolute atomic E-state index is 0.0587. The van der Waals surface area contributed by atoms with Crippen LogP contribution >= 0.6 is 23.4 Å². The van der Waals surface area contributed by atoms with E-state index in [0.29, 0.717) is 22.0 Å². The average Bonchev–Trinajstić information content (AvgIpc) is 2.17. The summed E-state index contributed by atoms with van der Waals surface area (Å²) in [6, 6.07) is 5.14. The topological polar surface area (TPSA) is 43.1 Å². The highest BCUT2D eigenvalue weighted by Crippen LogP contribution is 2.16. The van der Waals surface area contributed by atoms with Crippen LogP contribution in [0.2, 0.25) is 5.02 Å². The SMILES string of the molecule is CC(=O)SCC#Cc1cc(Cl)ccc1N. The van der Waals surface area contributed by atoms with Crippen LogP contribution in [0.5, 0.6) is 0 Å². The smallest absolute Gasteiger partial charge is 0.186 e.